The predicted octanol–water partition coefficient (Wildman–Crippen LogP) is 6.35. The zero-order valence-corrected chi connectivity index (χ0v) is 19.0. The smallest absolute Gasteiger partial charge is 0.405 e. The van der Waals surface area contributed by atoms with Crippen LogP contribution in [0.1, 0.15) is 69.6 Å². The average molecular weight is 470 g/mol. The minimum absolute atomic E-state index is 0.0231. The Hall–Kier alpha value is -2.10. The first-order valence-electron chi connectivity index (χ1n) is 11.7. The number of benzene rings is 1. The lowest BCUT2D eigenvalue weighted by molar-refractivity contribution is -0.274. The van der Waals surface area contributed by atoms with Crippen LogP contribution in [0.3, 0.4) is 0 Å². The third-order valence-corrected chi connectivity index (χ3v) is 6.11. The van der Waals surface area contributed by atoms with E-state index in [2.05, 4.69) is 9.89 Å². The Morgan fingerprint density at radius 3 is 2.33 bits per heavy atom. The van der Waals surface area contributed by atoms with Crippen LogP contribution in [0.2, 0.25) is 0 Å². The number of hydrogen-bond donors (Lipinski definition) is 0. The Labute approximate surface area is 191 Å². The molecule has 182 valence electrons. The number of para-hydroxylation sites is 1. The average Bonchev–Trinajstić information content (AvgIpc) is 3.41. The van der Waals surface area contributed by atoms with Crippen molar-refractivity contribution in [2.75, 3.05) is 13.2 Å². The summed E-state index contributed by atoms with van der Waals surface area (Å²) >= 11 is 0. The van der Waals surface area contributed by atoms with Gasteiger partial charge in [-0.05, 0) is 37.8 Å². The molecule has 2 aromatic rings. The molecule has 0 N–H and O–H groups in total. The van der Waals surface area contributed by atoms with E-state index in [4.69, 9.17) is 18.7 Å². The van der Waals surface area contributed by atoms with Crippen LogP contribution in [0.5, 0.6) is 5.75 Å². The van der Waals surface area contributed by atoms with Crippen LogP contribution in [0, 0.1) is 0 Å². The van der Waals surface area contributed by atoms with Crippen molar-refractivity contribution in [1.82, 2.24) is 5.16 Å². The lowest BCUT2D eigenvalue weighted by Crippen LogP contribution is -2.37. The molecule has 0 radical (unpaired) electrons. The monoisotopic (exact) mass is 469 g/mol. The third kappa shape index (κ3) is 5.70. The van der Waals surface area contributed by atoms with Crippen LogP contribution in [-0.4, -0.2) is 36.6 Å². The van der Waals surface area contributed by atoms with Crippen LogP contribution < -0.4 is 4.74 Å². The van der Waals surface area contributed by atoms with E-state index in [1.54, 1.807) is 12.1 Å². The molecule has 1 aromatic carbocycles. The van der Waals surface area contributed by atoms with Gasteiger partial charge >= 0.3 is 6.36 Å². The van der Waals surface area contributed by atoms with Crippen molar-refractivity contribution < 1.29 is 36.6 Å². The Morgan fingerprint density at radius 1 is 1.03 bits per heavy atom. The van der Waals surface area contributed by atoms with E-state index in [-0.39, 0.29) is 29.9 Å². The summed E-state index contributed by atoms with van der Waals surface area (Å²) in [5.41, 5.74) is 1.29. The lowest BCUT2D eigenvalue weighted by atomic mass is 9.91. The number of aromatic nitrogens is 1. The first-order valence-corrected chi connectivity index (χ1v) is 11.7. The molecule has 0 amide bonds. The lowest BCUT2D eigenvalue weighted by Gasteiger charge is -2.35. The highest BCUT2D eigenvalue weighted by molar-refractivity contribution is 5.70. The topological polar surface area (TPSA) is 63.0 Å². The largest absolute Gasteiger partial charge is 0.573 e. The number of ether oxygens (including phenoxy) is 4. The maximum absolute atomic E-state index is 12.9. The normalized spacial score (nSPS) is 20.5. The summed E-state index contributed by atoms with van der Waals surface area (Å²) in [7, 11) is 0. The van der Waals surface area contributed by atoms with Gasteiger partial charge < -0.3 is 23.5 Å². The molecular formula is C24H30F3NO5. The van der Waals surface area contributed by atoms with Crippen molar-refractivity contribution in [2.45, 2.75) is 83.2 Å². The molecule has 3 fully saturated rings. The highest BCUT2D eigenvalue weighted by Crippen LogP contribution is 2.46. The molecule has 0 unspecified atom stereocenters. The quantitative estimate of drug-likeness (QED) is 0.492. The second-order valence-electron chi connectivity index (χ2n) is 8.31. The van der Waals surface area contributed by atoms with Crippen LogP contribution in [0.4, 0.5) is 13.2 Å². The number of halogens is 3. The van der Waals surface area contributed by atoms with Gasteiger partial charge in [-0.25, -0.2) is 0 Å². The van der Waals surface area contributed by atoms with Gasteiger partial charge in [0, 0.05) is 29.9 Å². The van der Waals surface area contributed by atoms with Gasteiger partial charge in [0.1, 0.15) is 17.2 Å². The second-order valence-corrected chi connectivity index (χ2v) is 8.31. The van der Waals surface area contributed by atoms with E-state index in [0.29, 0.717) is 30.2 Å². The van der Waals surface area contributed by atoms with Crippen molar-refractivity contribution in [1.29, 1.82) is 0 Å². The Balaban J connectivity index is 0.00000126. The van der Waals surface area contributed by atoms with Crippen LogP contribution in [0.25, 0.3) is 11.3 Å². The van der Waals surface area contributed by atoms with Gasteiger partial charge in [-0.15, -0.1) is 13.2 Å². The molecule has 1 spiro atoms. The maximum Gasteiger partial charge on any atom is 0.573 e. The van der Waals surface area contributed by atoms with Gasteiger partial charge in [-0.2, -0.15) is 0 Å². The summed E-state index contributed by atoms with van der Waals surface area (Å²) in [6.07, 6.45) is 0.317. The van der Waals surface area contributed by atoms with Crippen molar-refractivity contribution >= 4 is 0 Å². The molecule has 1 aromatic heterocycles. The molecule has 3 aliphatic rings. The molecule has 2 heterocycles. The minimum Gasteiger partial charge on any atom is -0.405 e. The van der Waals surface area contributed by atoms with E-state index in [1.807, 2.05) is 13.8 Å². The Kier molecular flexibility index (Phi) is 7.31. The van der Waals surface area contributed by atoms with Crippen LogP contribution in [0.15, 0.2) is 28.8 Å². The van der Waals surface area contributed by atoms with Crippen molar-refractivity contribution in [3.63, 3.8) is 0 Å². The van der Waals surface area contributed by atoms with Gasteiger partial charge in [-0.3, -0.25) is 0 Å². The fraction of sp³-hybridized carbons (Fsp3) is 0.625. The number of nitrogens with zero attached hydrogens (tertiary/aromatic N) is 1. The predicted molar refractivity (Wildman–Crippen MR) is 114 cm³/mol. The molecule has 6 nitrogen and oxygen atoms in total. The molecule has 1 aliphatic heterocycles. The Morgan fingerprint density at radius 2 is 1.70 bits per heavy atom. The van der Waals surface area contributed by atoms with Crippen molar-refractivity contribution in [2.24, 2.45) is 0 Å². The van der Waals surface area contributed by atoms with Crippen LogP contribution >= 0.6 is 0 Å². The van der Waals surface area contributed by atoms with Gasteiger partial charge in [0.25, 0.3) is 0 Å². The third-order valence-electron chi connectivity index (χ3n) is 6.11. The van der Waals surface area contributed by atoms with Gasteiger partial charge in [-0.1, -0.05) is 31.1 Å². The molecule has 5 rings (SSSR count). The molecule has 9 heteroatoms. The number of rotatable bonds is 6. The van der Waals surface area contributed by atoms with Gasteiger partial charge in [0.2, 0.25) is 0 Å². The van der Waals surface area contributed by atoms with E-state index < -0.39 is 12.1 Å². The summed E-state index contributed by atoms with van der Waals surface area (Å²) in [4.78, 5) is 0. The van der Waals surface area contributed by atoms with Crippen LogP contribution in [-0.2, 0) is 20.8 Å². The number of alkyl halides is 3. The first kappa shape index (κ1) is 24.0. The molecule has 33 heavy (non-hydrogen) atoms. The molecule has 0 bridgehead atoms. The van der Waals surface area contributed by atoms with Crippen molar-refractivity contribution in [3.05, 3.63) is 35.6 Å². The molecule has 2 saturated carbocycles. The summed E-state index contributed by atoms with van der Waals surface area (Å²) in [6, 6.07) is 5.98. The van der Waals surface area contributed by atoms with E-state index >= 15 is 0 Å². The number of hydrogen-bond acceptors (Lipinski definition) is 6. The summed E-state index contributed by atoms with van der Waals surface area (Å²) < 4.78 is 66.2. The zero-order valence-electron chi connectivity index (χ0n) is 19.0. The summed E-state index contributed by atoms with van der Waals surface area (Å²) in [5, 5.41) is 4.12. The maximum atomic E-state index is 12.9. The standard InChI is InChI=1S/C22H24F3NO5.C2H6/c23-22(24,25)30-18-4-2-1-3-16(18)19-17(20(31-26-19)14-5-6-14)13-27-15-7-9-21(10-8-15)28-11-12-29-21;1-2/h1-4,14-15H,5-13H2;1-2H3. The summed E-state index contributed by atoms with van der Waals surface area (Å²) in [6.45, 7) is 5.48. The minimum atomic E-state index is -4.79. The highest BCUT2D eigenvalue weighted by Gasteiger charge is 2.41. The Bertz CT molecular complexity index is 909. The molecular weight excluding hydrogens is 439 g/mol. The highest BCUT2D eigenvalue weighted by atomic mass is 19.4. The van der Waals surface area contributed by atoms with E-state index in [0.717, 1.165) is 38.5 Å². The first-order chi connectivity index (χ1) is 15.9. The second kappa shape index (κ2) is 10.0. The van der Waals surface area contributed by atoms with E-state index in [9.17, 15) is 13.2 Å². The fourth-order valence-corrected chi connectivity index (χ4v) is 4.40. The molecule has 1 saturated heterocycles. The zero-order chi connectivity index (χ0) is 23.5. The van der Waals surface area contributed by atoms with E-state index in [1.165, 1.54) is 12.1 Å². The van der Waals surface area contributed by atoms with Gasteiger partial charge in [0.05, 0.1) is 25.9 Å². The molecule has 2 aliphatic carbocycles. The summed E-state index contributed by atoms with van der Waals surface area (Å²) in [5.74, 6) is 0.175. The molecule has 0 atom stereocenters. The van der Waals surface area contributed by atoms with Crippen molar-refractivity contribution in [3.8, 4) is 17.0 Å². The van der Waals surface area contributed by atoms with Gasteiger partial charge in [0.15, 0.2) is 5.79 Å². The SMILES string of the molecule is CC.FC(F)(F)Oc1ccccc1-c1noc(C2CC2)c1COC1CCC2(CC1)OCCO2. The fourth-order valence-electron chi connectivity index (χ4n) is 4.40.